The van der Waals surface area contributed by atoms with Gasteiger partial charge in [0.05, 0.1) is 31.4 Å². The Hall–Kier alpha value is -3.42. The van der Waals surface area contributed by atoms with Gasteiger partial charge in [-0.2, -0.15) is 5.10 Å². The van der Waals surface area contributed by atoms with Crippen LogP contribution in [0.5, 0.6) is 5.75 Å². The van der Waals surface area contributed by atoms with Crippen LogP contribution >= 0.6 is 0 Å². The number of anilines is 2. The van der Waals surface area contributed by atoms with Gasteiger partial charge in [0.25, 0.3) is 0 Å². The van der Waals surface area contributed by atoms with Gasteiger partial charge in [0, 0.05) is 19.5 Å². The van der Waals surface area contributed by atoms with E-state index in [0.29, 0.717) is 18.5 Å². The van der Waals surface area contributed by atoms with Crippen LogP contribution in [-0.4, -0.2) is 45.9 Å². The maximum Gasteiger partial charge on any atom is 0.224 e. The summed E-state index contributed by atoms with van der Waals surface area (Å²) in [6.07, 6.45) is 10.2. The van der Waals surface area contributed by atoms with Crippen LogP contribution in [0.3, 0.4) is 0 Å². The molecule has 0 bridgehead atoms. The maximum atomic E-state index is 12.3. The summed E-state index contributed by atoms with van der Waals surface area (Å²) in [7, 11) is 1.64. The largest absolute Gasteiger partial charge is 0.497 e. The Balaban J connectivity index is 1.38. The maximum absolute atomic E-state index is 12.3. The van der Waals surface area contributed by atoms with E-state index < -0.39 is 0 Å². The molecular weight excluding hydrogens is 368 g/mol. The quantitative estimate of drug-likeness (QED) is 0.666. The molecule has 0 unspecified atom stereocenters. The number of rotatable bonds is 7. The fraction of sp³-hybridized carbons (Fsp3) is 0.333. The zero-order chi connectivity index (χ0) is 20.1. The second kappa shape index (κ2) is 8.72. The zero-order valence-electron chi connectivity index (χ0n) is 16.4. The summed E-state index contributed by atoms with van der Waals surface area (Å²) in [5.74, 6) is 1.48. The molecule has 0 atom stereocenters. The average molecular weight is 392 g/mol. The number of nitrogens with zero attached hydrogens (tertiary/aromatic N) is 5. The standard InChI is InChI=1S/C21H24N6O2/c1-29-18-7-4-16(5-8-18)6-9-20(28)25-17-12-24-27(14-17)21-19(13-22-15-23-21)26-10-2-3-11-26/h4-5,7-8,12-15H,2-3,6,9-11H2,1H3,(H,25,28). The summed E-state index contributed by atoms with van der Waals surface area (Å²) >= 11 is 0. The van der Waals surface area contributed by atoms with Gasteiger partial charge in [0.1, 0.15) is 17.8 Å². The van der Waals surface area contributed by atoms with Gasteiger partial charge >= 0.3 is 0 Å². The third kappa shape index (κ3) is 4.53. The molecule has 1 aliphatic rings. The van der Waals surface area contributed by atoms with E-state index in [1.807, 2.05) is 30.5 Å². The Kier molecular flexibility index (Phi) is 5.69. The summed E-state index contributed by atoms with van der Waals surface area (Å²) in [6, 6.07) is 7.74. The first-order valence-corrected chi connectivity index (χ1v) is 9.76. The van der Waals surface area contributed by atoms with E-state index in [9.17, 15) is 4.79 Å². The van der Waals surface area contributed by atoms with Gasteiger partial charge in [0.2, 0.25) is 5.91 Å². The smallest absolute Gasteiger partial charge is 0.224 e. The molecule has 8 nitrogen and oxygen atoms in total. The summed E-state index contributed by atoms with van der Waals surface area (Å²) in [4.78, 5) is 23.2. The molecule has 4 rings (SSSR count). The zero-order valence-corrected chi connectivity index (χ0v) is 16.4. The van der Waals surface area contributed by atoms with Crippen molar-refractivity contribution < 1.29 is 9.53 Å². The van der Waals surface area contributed by atoms with Crippen LogP contribution in [0.15, 0.2) is 49.2 Å². The van der Waals surface area contributed by atoms with Crippen LogP contribution in [-0.2, 0) is 11.2 Å². The minimum absolute atomic E-state index is 0.0529. The molecule has 1 aliphatic heterocycles. The molecule has 0 spiro atoms. The molecule has 3 heterocycles. The Morgan fingerprint density at radius 2 is 1.97 bits per heavy atom. The minimum atomic E-state index is -0.0529. The lowest BCUT2D eigenvalue weighted by Gasteiger charge is -2.19. The first kappa shape index (κ1) is 18.9. The number of nitrogens with one attached hydrogen (secondary N) is 1. The van der Waals surface area contributed by atoms with Crippen molar-refractivity contribution in [1.29, 1.82) is 0 Å². The third-order valence-electron chi connectivity index (χ3n) is 5.00. The summed E-state index contributed by atoms with van der Waals surface area (Å²) < 4.78 is 6.84. The average Bonchev–Trinajstić information content (AvgIpc) is 3.45. The van der Waals surface area contributed by atoms with E-state index in [-0.39, 0.29) is 5.91 Å². The van der Waals surface area contributed by atoms with E-state index in [1.165, 1.54) is 19.2 Å². The molecule has 1 N–H and O–H groups in total. The van der Waals surface area contributed by atoms with Crippen molar-refractivity contribution in [1.82, 2.24) is 19.7 Å². The van der Waals surface area contributed by atoms with E-state index in [1.54, 1.807) is 24.2 Å². The number of carbonyl (C=O) groups excluding carboxylic acids is 1. The second-order valence-electron chi connectivity index (χ2n) is 7.00. The number of aryl methyl sites for hydroxylation is 1. The second-order valence-corrected chi connectivity index (χ2v) is 7.00. The highest BCUT2D eigenvalue weighted by atomic mass is 16.5. The highest BCUT2D eigenvalue weighted by Gasteiger charge is 2.18. The van der Waals surface area contributed by atoms with E-state index in [4.69, 9.17) is 4.74 Å². The predicted molar refractivity (Wildman–Crippen MR) is 111 cm³/mol. The Bertz CT molecular complexity index is 963. The highest BCUT2D eigenvalue weighted by molar-refractivity contribution is 5.90. The lowest BCUT2D eigenvalue weighted by Crippen LogP contribution is -2.20. The Morgan fingerprint density at radius 1 is 1.17 bits per heavy atom. The number of hydrogen-bond donors (Lipinski definition) is 1. The molecule has 8 heteroatoms. The van der Waals surface area contributed by atoms with Gasteiger partial charge < -0.3 is 15.0 Å². The number of benzene rings is 1. The number of amides is 1. The number of hydrogen-bond acceptors (Lipinski definition) is 6. The number of ether oxygens (including phenoxy) is 1. The number of methoxy groups -OCH3 is 1. The van der Waals surface area contributed by atoms with Crippen molar-refractivity contribution >= 4 is 17.3 Å². The molecule has 29 heavy (non-hydrogen) atoms. The van der Waals surface area contributed by atoms with Crippen molar-refractivity contribution in [2.75, 3.05) is 30.4 Å². The van der Waals surface area contributed by atoms with Crippen molar-refractivity contribution in [3.05, 3.63) is 54.7 Å². The summed E-state index contributed by atoms with van der Waals surface area (Å²) in [5, 5.41) is 7.29. The fourth-order valence-electron chi connectivity index (χ4n) is 3.45. The van der Waals surface area contributed by atoms with E-state index in [2.05, 4.69) is 25.3 Å². The molecule has 0 saturated carbocycles. The Morgan fingerprint density at radius 3 is 2.72 bits per heavy atom. The van der Waals surface area contributed by atoms with Crippen LogP contribution < -0.4 is 15.0 Å². The number of aromatic nitrogens is 4. The molecule has 2 aromatic heterocycles. The van der Waals surface area contributed by atoms with Crippen LogP contribution in [0.2, 0.25) is 0 Å². The van der Waals surface area contributed by atoms with Crippen LogP contribution in [0.1, 0.15) is 24.8 Å². The monoisotopic (exact) mass is 392 g/mol. The molecular formula is C21H24N6O2. The van der Waals surface area contributed by atoms with Gasteiger partial charge in [-0.05, 0) is 37.0 Å². The molecule has 1 saturated heterocycles. The van der Waals surface area contributed by atoms with Gasteiger partial charge in [-0.3, -0.25) is 4.79 Å². The topological polar surface area (TPSA) is 85.2 Å². The highest BCUT2D eigenvalue weighted by Crippen LogP contribution is 2.25. The first-order valence-electron chi connectivity index (χ1n) is 9.76. The lowest BCUT2D eigenvalue weighted by atomic mass is 10.1. The molecule has 0 radical (unpaired) electrons. The first-order chi connectivity index (χ1) is 14.2. The summed E-state index contributed by atoms with van der Waals surface area (Å²) in [6.45, 7) is 1.99. The Labute approximate surface area is 169 Å². The SMILES string of the molecule is COc1ccc(CCC(=O)Nc2cnn(-c3ncncc3N3CCCC3)c2)cc1. The predicted octanol–water partition coefficient (Wildman–Crippen LogP) is 2.84. The molecule has 1 fully saturated rings. The van der Waals surface area contributed by atoms with Crippen molar-refractivity contribution in [3.63, 3.8) is 0 Å². The van der Waals surface area contributed by atoms with Crippen molar-refractivity contribution in [2.24, 2.45) is 0 Å². The molecule has 0 aliphatic carbocycles. The summed E-state index contributed by atoms with van der Waals surface area (Å²) in [5.41, 5.74) is 2.70. The van der Waals surface area contributed by atoms with Gasteiger partial charge in [0.15, 0.2) is 5.82 Å². The fourth-order valence-corrected chi connectivity index (χ4v) is 3.45. The van der Waals surface area contributed by atoms with Crippen LogP contribution in [0.4, 0.5) is 11.4 Å². The normalized spacial score (nSPS) is 13.5. The van der Waals surface area contributed by atoms with Gasteiger partial charge in [-0.15, -0.1) is 0 Å². The molecule has 1 amide bonds. The third-order valence-corrected chi connectivity index (χ3v) is 5.00. The molecule has 1 aromatic carbocycles. The van der Waals surface area contributed by atoms with Crippen LogP contribution in [0.25, 0.3) is 5.82 Å². The van der Waals surface area contributed by atoms with Crippen LogP contribution in [0, 0.1) is 0 Å². The lowest BCUT2D eigenvalue weighted by molar-refractivity contribution is -0.116. The van der Waals surface area contributed by atoms with E-state index >= 15 is 0 Å². The van der Waals surface area contributed by atoms with Gasteiger partial charge in [-0.1, -0.05) is 12.1 Å². The van der Waals surface area contributed by atoms with Crippen molar-refractivity contribution in [2.45, 2.75) is 25.7 Å². The van der Waals surface area contributed by atoms with Gasteiger partial charge in [-0.25, -0.2) is 14.6 Å². The molecule has 3 aromatic rings. The number of carbonyl (C=O) groups is 1. The van der Waals surface area contributed by atoms with E-state index in [0.717, 1.165) is 35.9 Å². The molecule has 150 valence electrons. The minimum Gasteiger partial charge on any atom is -0.497 e. The van der Waals surface area contributed by atoms with Crippen molar-refractivity contribution in [3.8, 4) is 11.6 Å².